The molecule has 2 atom stereocenters. The van der Waals surface area contributed by atoms with Gasteiger partial charge in [0.2, 0.25) is 0 Å². The molecule has 2 unspecified atom stereocenters. The van der Waals surface area contributed by atoms with E-state index in [1.54, 1.807) is 0 Å². The maximum atomic E-state index is 12.0. The first kappa shape index (κ1) is 15.6. The summed E-state index contributed by atoms with van der Waals surface area (Å²) in [5, 5.41) is 0. The molecule has 0 fully saturated rings. The smallest absolute Gasteiger partial charge is 0.159 e. The van der Waals surface area contributed by atoms with Crippen LogP contribution < -0.4 is 0 Å². The zero-order valence-corrected chi connectivity index (χ0v) is 13.4. The summed E-state index contributed by atoms with van der Waals surface area (Å²) >= 11 is 3.37. The van der Waals surface area contributed by atoms with E-state index in [2.05, 4.69) is 29.8 Å². The number of alkyl halides is 1. The van der Waals surface area contributed by atoms with E-state index in [1.165, 1.54) is 0 Å². The molecule has 0 N–H and O–H groups in total. The molecular weight excluding hydrogens is 312 g/mol. The lowest BCUT2D eigenvalue weighted by Crippen LogP contribution is -2.22. The highest BCUT2D eigenvalue weighted by Gasteiger charge is 2.19. The van der Waals surface area contributed by atoms with E-state index in [0.29, 0.717) is 5.92 Å². The quantitative estimate of drug-likeness (QED) is 0.748. The summed E-state index contributed by atoms with van der Waals surface area (Å²) in [5.74, 6) is 0.555. The number of aryl methyl sites for hydroxylation is 1. The monoisotopic (exact) mass is 330 g/mol. The van der Waals surface area contributed by atoms with Crippen molar-refractivity contribution >= 4 is 32.5 Å². The van der Waals surface area contributed by atoms with Crippen LogP contribution in [-0.4, -0.2) is 20.6 Å². The van der Waals surface area contributed by atoms with E-state index in [1.807, 2.05) is 31.2 Å². The van der Waals surface area contributed by atoms with Gasteiger partial charge in [0.1, 0.15) is 0 Å². The zero-order valence-electron chi connectivity index (χ0n) is 11.0. The largest absolute Gasteiger partial charge is 0.297 e. The van der Waals surface area contributed by atoms with Gasteiger partial charge in [0.05, 0.1) is 21.4 Å². The van der Waals surface area contributed by atoms with Gasteiger partial charge in [-0.05, 0) is 31.4 Å². The first-order valence-corrected chi connectivity index (χ1v) is 8.25. The van der Waals surface area contributed by atoms with Crippen LogP contribution in [0.5, 0.6) is 0 Å². The Hall–Kier alpha value is -0.480. The molecule has 1 aromatic carbocycles. The fourth-order valence-electron chi connectivity index (χ4n) is 1.54. The van der Waals surface area contributed by atoms with Gasteiger partial charge in [-0.1, -0.05) is 47.5 Å². The van der Waals surface area contributed by atoms with Crippen molar-refractivity contribution < 1.29 is 9.00 Å². The molecule has 0 aromatic heterocycles. The number of Topliss-reactive ketones (excluding diaryl/α,β-unsaturated/α-hetero) is 1. The van der Waals surface area contributed by atoms with Gasteiger partial charge in [0, 0.05) is 4.90 Å². The van der Waals surface area contributed by atoms with Gasteiger partial charge in [0.15, 0.2) is 5.78 Å². The summed E-state index contributed by atoms with van der Waals surface area (Å²) in [5.41, 5.74) is 1.13. The summed E-state index contributed by atoms with van der Waals surface area (Å²) in [6.07, 6.45) is 0.782. The summed E-state index contributed by atoms with van der Waals surface area (Å²) in [6, 6.07) is 7.48. The van der Waals surface area contributed by atoms with Crippen molar-refractivity contribution in [2.75, 3.05) is 5.75 Å². The molecule has 0 saturated carbocycles. The number of rotatable bonds is 6. The lowest BCUT2D eigenvalue weighted by Gasteiger charge is -2.11. The van der Waals surface area contributed by atoms with Gasteiger partial charge in [-0.3, -0.25) is 9.00 Å². The molecule has 0 aliphatic rings. The minimum Gasteiger partial charge on any atom is -0.297 e. The fourth-order valence-corrected chi connectivity index (χ4v) is 3.73. The number of hydrogen-bond donors (Lipinski definition) is 0. The van der Waals surface area contributed by atoms with E-state index in [0.717, 1.165) is 16.9 Å². The van der Waals surface area contributed by atoms with Crippen LogP contribution in [0.1, 0.15) is 25.8 Å². The van der Waals surface area contributed by atoms with Crippen molar-refractivity contribution in [3.05, 3.63) is 29.8 Å². The maximum Gasteiger partial charge on any atom is 0.159 e. The number of benzene rings is 1. The van der Waals surface area contributed by atoms with E-state index in [4.69, 9.17) is 0 Å². The Morgan fingerprint density at radius 2 is 1.83 bits per heavy atom. The molecule has 18 heavy (non-hydrogen) atoms. The molecular formula is C14H19BrO2S. The van der Waals surface area contributed by atoms with Gasteiger partial charge < -0.3 is 0 Å². The number of carbonyl (C=O) groups is 1. The third-order valence-corrected chi connectivity index (χ3v) is 4.81. The molecule has 0 aliphatic heterocycles. The van der Waals surface area contributed by atoms with Crippen molar-refractivity contribution in [2.45, 2.75) is 36.9 Å². The first-order valence-electron chi connectivity index (χ1n) is 6.02. The summed E-state index contributed by atoms with van der Waals surface area (Å²) in [6.45, 7) is 6.12. The number of carbonyl (C=O) groups excluding carboxylic acids is 1. The first-order chi connectivity index (χ1) is 8.40. The van der Waals surface area contributed by atoms with E-state index >= 15 is 0 Å². The Kier molecular flexibility index (Phi) is 6.22. The predicted octanol–water partition coefficient (Wildman–Crippen LogP) is 3.48. The molecule has 0 spiro atoms. The molecule has 0 radical (unpaired) electrons. The lowest BCUT2D eigenvalue weighted by atomic mass is 10.1. The van der Waals surface area contributed by atoms with Gasteiger partial charge in [-0.25, -0.2) is 0 Å². The molecule has 0 aliphatic carbocycles. The zero-order chi connectivity index (χ0) is 13.7. The average molecular weight is 331 g/mol. The predicted molar refractivity (Wildman–Crippen MR) is 79.6 cm³/mol. The Morgan fingerprint density at radius 3 is 2.33 bits per heavy atom. The van der Waals surface area contributed by atoms with Crippen LogP contribution in [-0.2, 0) is 15.6 Å². The normalized spacial score (nSPS) is 14.5. The Labute approximate surface area is 120 Å². The van der Waals surface area contributed by atoms with E-state index in [-0.39, 0.29) is 16.4 Å². The van der Waals surface area contributed by atoms with Crippen molar-refractivity contribution in [2.24, 2.45) is 5.92 Å². The highest BCUT2D eigenvalue weighted by molar-refractivity contribution is 9.10. The SMILES string of the molecule is Cc1ccc(S(=O)CC(=O)C(Br)CC(C)C)cc1. The second kappa shape index (κ2) is 7.19. The van der Waals surface area contributed by atoms with Crippen molar-refractivity contribution in [3.8, 4) is 0 Å². The molecule has 100 valence electrons. The van der Waals surface area contributed by atoms with Gasteiger partial charge in [-0.2, -0.15) is 0 Å². The van der Waals surface area contributed by atoms with Crippen molar-refractivity contribution in [3.63, 3.8) is 0 Å². The van der Waals surface area contributed by atoms with Crippen LogP contribution in [0.3, 0.4) is 0 Å². The minimum absolute atomic E-state index is 0.0163. The second-order valence-corrected chi connectivity index (χ2v) is 7.42. The molecule has 0 bridgehead atoms. The van der Waals surface area contributed by atoms with E-state index in [9.17, 15) is 9.00 Å². The van der Waals surface area contributed by atoms with Crippen LogP contribution in [0, 0.1) is 12.8 Å². The van der Waals surface area contributed by atoms with Crippen LogP contribution in [0.4, 0.5) is 0 Å². The average Bonchev–Trinajstić information content (AvgIpc) is 2.28. The molecule has 0 amide bonds. The Bertz CT molecular complexity index is 426. The fraction of sp³-hybridized carbons (Fsp3) is 0.500. The lowest BCUT2D eigenvalue weighted by molar-refractivity contribution is -0.116. The molecule has 2 nitrogen and oxygen atoms in total. The Balaban J connectivity index is 2.59. The van der Waals surface area contributed by atoms with Crippen molar-refractivity contribution in [1.29, 1.82) is 0 Å². The summed E-state index contributed by atoms with van der Waals surface area (Å²) in [7, 11) is -1.24. The molecule has 1 rings (SSSR count). The number of hydrogen-bond acceptors (Lipinski definition) is 2. The van der Waals surface area contributed by atoms with Gasteiger partial charge in [0.25, 0.3) is 0 Å². The van der Waals surface area contributed by atoms with Gasteiger partial charge in [-0.15, -0.1) is 0 Å². The maximum absolute atomic E-state index is 12.0. The molecule has 4 heteroatoms. The number of halogens is 1. The summed E-state index contributed by atoms with van der Waals surface area (Å²) in [4.78, 5) is 12.4. The third kappa shape index (κ3) is 5.02. The highest BCUT2D eigenvalue weighted by atomic mass is 79.9. The van der Waals surface area contributed by atoms with Gasteiger partial charge >= 0.3 is 0 Å². The third-order valence-electron chi connectivity index (χ3n) is 2.58. The minimum atomic E-state index is -1.24. The topological polar surface area (TPSA) is 34.1 Å². The second-order valence-electron chi connectivity index (χ2n) is 4.87. The van der Waals surface area contributed by atoms with Crippen LogP contribution in [0.15, 0.2) is 29.2 Å². The Morgan fingerprint density at radius 1 is 1.28 bits per heavy atom. The van der Waals surface area contributed by atoms with Crippen LogP contribution >= 0.6 is 15.9 Å². The van der Waals surface area contributed by atoms with E-state index < -0.39 is 10.8 Å². The molecule has 0 saturated heterocycles. The highest BCUT2D eigenvalue weighted by Crippen LogP contribution is 2.16. The number of ketones is 1. The molecule has 1 aromatic rings. The molecule has 0 heterocycles. The van der Waals surface area contributed by atoms with Crippen molar-refractivity contribution in [1.82, 2.24) is 0 Å². The standard InChI is InChI=1S/C14H19BrO2S/c1-10(2)8-13(15)14(16)9-18(17)12-6-4-11(3)5-7-12/h4-7,10,13H,8-9H2,1-3H3. The summed E-state index contributed by atoms with van der Waals surface area (Å²) < 4.78 is 12.0. The van der Waals surface area contributed by atoms with Crippen LogP contribution in [0.2, 0.25) is 0 Å². The van der Waals surface area contributed by atoms with Crippen LogP contribution in [0.25, 0.3) is 0 Å².